The Morgan fingerprint density at radius 1 is 1.28 bits per heavy atom. The van der Waals surface area contributed by atoms with E-state index in [1.54, 1.807) is 0 Å². The van der Waals surface area contributed by atoms with Gasteiger partial charge in [-0.15, -0.1) is 0 Å². The largest absolute Gasteiger partial charge is 1.00 e. The second-order valence-electron chi connectivity index (χ2n) is 7.34. The summed E-state index contributed by atoms with van der Waals surface area (Å²) in [7, 11) is -4.58. The molecular weight excluding hydrogens is 407 g/mol. The second kappa shape index (κ2) is 14.8. The minimum absolute atomic E-state index is 0. The summed E-state index contributed by atoms with van der Waals surface area (Å²) in [5.74, 6) is -0.761. The third-order valence-electron chi connectivity index (χ3n) is 4.90. The van der Waals surface area contributed by atoms with Crippen molar-refractivity contribution in [3.05, 3.63) is 12.2 Å². The summed E-state index contributed by atoms with van der Waals surface area (Å²) in [6.07, 6.45) is 9.16. The van der Waals surface area contributed by atoms with Gasteiger partial charge in [-0.2, -0.15) is 0 Å². The molecule has 0 aliphatic carbocycles. The van der Waals surface area contributed by atoms with E-state index >= 15 is 0 Å². The number of unbranched alkanes of at least 4 members (excludes halogenated alkanes) is 4. The number of allylic oxidation sites excluding steroid dienone is 2. The van der Waals surface area contributed by atoms with Crippen LogP contribution in [0.3, 0.4) is 0 Å². The van der Waals surface area contributed by atoms with Crippen molar-refractivity contribution < 1.29 is 62.0 Å². The van der Waals surface area contributed by atoms with Crippen molar-refractivity contribution in [2.75, 3.05) is 38.5 Å². The molecule has 8 nitrogen and oxygen atoms in total. The molecule has 162 valence electrons. The predicted molar refractivity (Wildman–Crippen MR) is 107 cm³/mol. The SMILES string of the molecule is CC/C=C/CCCCCCC(=O)C1=NCC[N+]1(CCO)CC(O)CS(=O)(=O)[O-].[Na+]. The van der Waals surface area contributed by atoms with E-state index < -0.39 is 22.0 Å². The first-order valence-corrected chi connectivity index (χ1v) is 11.6. The molecule has 0 amide bonds. The molecule has 1 aliphatic rings. The molecule has 29 heavy (non-hydrogen) atoms. The molecule has 0 radical (unpaired) electrons. The molecule has 1 aliphatic heterocycles. The molecule has 0 aromatic heterocycles. The van der Waals surface area contributed by atoms with Gasteiger partial charge in [0.25, 0.3) is 5.84 Å². The Bertz CT molecular complexity index is 653. The Labute approximate surface area is 196 Å². The Morgan fingerprint density at radius 3 is 2.59 bits per heavy atom. The van der Waals surface area contributed by atoms with Crippen LogP contribution in [0.4, 0.5) is 0 Å². The van der Waals surface area contributed by atoms with Gasteiger partial charge in [0.05, 0.1) is 29.0 Å². The van der Waals surface area contributed by atoms with Crippen molar-refractivity contribution >= 4 is 21.7 Å². The fourth-order valence-corrected chi connectivity index (χ4v) is 4.20. The molecule has 0 aromatic rings. The van der Waals surface area contributed by atoms with Gasteiger partial charge in [0, 0.05) is 6.42 Å². The summed E-state index contributed by atoms with van der Waals surface area (Å²) in [6.45, 7) is 2.69. The average molecular weight is 442 g/mol. The molecule has 0 aromatic carbocycles. The maximum Gasteiger partial charge on any atom is 1.00 e. The van der Waals surface area contributed by atoms with Gasteiger partial charge < -0.3 is 14.8 Å². The van der Waals surface area contributed by atoms with Gasteiger partial charge in [-0.05, 0) is 25.7 Å². The Hall–Kier alpha value is -0.130. The normalized spacial score (nSPS) is 20.5. The van der Waals surface area contributed by atoms with E-state index in [1.165, 1.54) is 0 Å². The molecule has 0 spiro atoms. The number of Topliss-reactive ketones (excluding diaryl/α,β-unsaturated/α-hetero) is 1. The first kappa shape index (κ1) is 28.9. The second-order valence-corrected chi connectivity index (χ2v) is 8.79. The molecule has 2 N–H and O–H groups in total. The number of aliphatic imine (C=N–C) groups is 1. The number of hydrogen-bond acceptors (Lipinski definition) is 7. The Kier molecular flexibility index (Phi) is 14.7. The van der Waals surface area contributed by atoms with Crippen LogP contribution in [0, 0.1) is 0 Å². The summed E-state index contributed by atoms with van der Waals surface area (Å²) in [6, 6.07) is 0. The van der Waals surface area contributed by atoms with E-state index in [9.17, 15) is 28.0 Å². The van der Waals surface area contributed by atoms with E-state index in [0.29, 0.717) is 19.5 Å². The van der Waals surface area contributed by atoms with Crippen molar-refractivity contribution in [3.63, 3.8) is 0 Å². The fraction of sp³-hybridized carbons (Fsp3) is 0.789. The van der Waals surface area contributed by atoms with Crippen molar-refractivity contribution in [2.24, 2.45) is 4.99 Å². The molecule has 2 unspecified atom stereocenters. The number of carbonyl (C=O) groups is 1. The molecule has 2 atom stereocenters. The zero-order valence-corrected chi connectivity index (χ0v) is 20.6. The molecular formula is C19H34N2NaO6S+. The zero-order chi connectivity index (χ0) is 21.0. The quantitative estimate of drug-likeness (QED) is 0.0994. The van der Waals surface area contributed by atoms with Gasteiger partial charge in [0.2, 0.25) is 5.78 Å². The van der Waals surface area contributed by atoms with Crippen molar-refractivity contribution in [2.45, 2.75) is 58.0 Å². The third-order valence-corrected chi connectivity index (χ3v) is 5.69. The number of amidine groups is 1. The first-order valence-electron chi connectivity index (χ1n) is 10.1. The van der Waals surface area contributed by atoms with Crippen LogP contribution in [0.15, 0.2) is 17.1 Å². The summed E-state index contributed by atoms with van der Waals surface area (Å²) in [5.41, 5.74) is 0. The first-order chi connectivity index (χ1) is 13.2. The number of rotatable bonds is 15. The molecule has 1 heterocycles. The van der Waals surface area contributed by atoms with Crippen LogP contribution < -0.4 is 29.6 Å². The summed E-state index contributed by atoms with van der Waals surface area (Å²) in [4.78, 5) is 17.0. The minimum Gasteiger partial charge on any atom is -0.748 e. The van der Waals surface area contributed by atoms with Crippen LogP contribution in [0.25, 0.3) is 0 Å². The van der Waals surface area contributed by atoms with Crippen molar-refractivity contribution in [3.8, 4) is 0 Å². The number of carbonyl (C=O) groups excluding carboxylic acids is 1. The van der Waals surface area contributed by atoms with Crippen LogP contribution in [0.2, 0.25) is 0 Å². The van der Waals surface area contributed by atoms with Crippen LogP contribution in [-0.4, -0.2) is 83.9 Å². The van der Waals surface area contributed by atoms with Crippen molar-refractivity contribution in [1.82, 2.24) is 0 Å². The van der Waals surface area contributed by atoms with E-state index in [4.69, 9.17) is 0 Å². The van der Waals surface area contributed by atoms with Crippen LogP contribution in [-0.2, 0) is 14.9 Å². The van der Waals surface area contributed by atoms with Crippen LogP contribution in [0.5, 0.6) is 0 Å². The standard InChI is InChI=1S/C19H34N2O6S.Na/c1-2-3-4-5-6-7-8-9-10-18(24)19-20-11-12-21(19,13-14-22)15-17(23)16-28(25,26)27;/h3-4,17,22-23H,2,5-16H2,1H3;/q;+1/b4-3+;. The maximum atomic E-state index is 12.7. The fourth-order valence-electron chi connectivity index (χ4n) is 3.62. The molecule has 0 fully saturated rings. The third kappa shape index (κ3) is 11.2. The molecule has 0 bridgehead atoms. The van der Waals surface area contributed by atoms with Gasteiger partial charge in [-0.25, -0.2) is 13.4 Å². The van der Waals surface area contributed by atoms with Crippen LogP contribution in [0.1, 0.15) is 51.9 Å². The van der Waals surface area contributed by atoms with E-state index in [1.807, 2.05) is 0 Å². The van der Waals surface area contributed by atoms with Gasteiger partial charge in [0.1, 0.15) is 25.7 Å². The van der Waals surface area contributed by atoms with E-state index in [-0.39, 0.29) is 65.4 Å². The van der Waals surface area contributed by atoms with E-state index in [0.717, 1.165) is 38.5 Å². The topological polar surface area (TPSA) is 127 Å². The number of quaternary nitrogens is 1. The maximum absolute atomic E-state index is 12.7. The monoisotopic (exact) mass is 441 g/mol. The number of aliphatic hydroxyl groups is 2. The molecule has 10 heteroatoms. The molecule has 0 saturated carbocycles. The summed E-state index contributed by atoms with van der Waals surface area (Å²) < 4.78 is 32.7. The Balaban J connectivity index is 0.00000784. The van der Waals surface area contributed by atoms with Crippen molar-refractivity contribution in [1.29, 1.82) is 0 Å². The van der Waals surface area contributed by atoms with Gasteiger partial charge in [-0.1, -0.05) is 31.9 Å². The van der Waals surface area contributed by atoms with Crippen LogP contribution >= 0.6 is 0 Å². The number of aliphatic hydroxyl groups excluding tert-OH is 2. The van der Waals surface area contributed by atoms with E-state index in [2.05, 4.69) is 24.1 Å². The predicted octanol–water partition coefficient (Wildman–Crippen LogP) is -2.01. The minimum atomic E-state index is -4.58. The Morgan fingerprint density at radius 2 is 1.97 bits per heavy atom. The van der Waals surface area contributed by atoms with Gasteiger partial charge in [0.15, 0.2) is 0 Å². The number of ketones is 1. The number of hydrogen-bond donors (Lipinski definition) is 2. The molecule has 1 rings (SSSR count). The number of nitrogens with zero attached hydrogens (tertiary/aromatic N) is 2. The summed E-state index contributed by atoms with van der Waals surface area (Å²) >= 11 is 0. The van der Waals surface area contributed by atoms with Gasteiger partial charge >= 0.3 is 29.6 Å². The zero-order valence-electron chi connectivity index (χ0n) is 17.8. The van der Waals surface area contributed by atoms with Gasteiger partial charge in [-0.3, -0.25) is 9.28 Å². The average Bonchev–Trinajstić information content (AvgIpc) is 2.98. The summed E-state index contributed by atoms with van der Waals surface area (Å²) in [5, 5.41) is 19.4. The molecule has 0 saturated heterocycles. The smallest absolute Gasteiger partial charge is 0.748 e.